The number of nitriles is 1. The first-order valence-corrected chi connectivity index (χ1v) is 5.89. The van der Waals surface area contributed by atoms with Gasteiger partial charge in [0.25, 0.3) is 5.56 Å². The Labute approximate surface area is 115 Å². The van der Waals surface area contributed by atoms with Crippen molar-refractivity contribution >= 4 is 34.1 Å². The minimum Gasteiger partial charge on any atom is -0.337 e. The van der Waals surface area contributed by atoms with Crippen LogP contribution < -0.4 is 10.9 Å². The van der Waals surface area contributed by atoms with E-state index >= 15 is 0 Å². The Hall–Kier alpha value is -1.95. The van der Waals surface area contributed by atoms with Crippen molar-refractivity contribution in [2.75, 3.05) is 5.32 Å². The van der Waals surface area contributed by atoms with Gasteiger partial charge in [0.05, 0.1) is 23.6 Å². The van der Waals surface area contributed by atoms with Crippen LogP contribution in [0.25, 0.3) is 0 Å². The van der Waals surface area contributed by atoms with Gasteiger partial charge in [-0.15, -0.1) is 0 Å². The lowest BCUT2D eigenvalue weighted by atomic mass is 10.2. The summed E-state index contributed by atoms with van der Waals surface area (Å²) in [6, 6.07) is 5.85. The summed E-state index contributed by atoms with van der Waals surface area (Å²) in [5, 5.41) is 11.3. The maximum atomic E-state index is 13.6. The van der Waals surface area contributed by atoms with Crippen LogP contribution in [-0.4, -0.2) is 9.97 Å². The number of hydrogen-bond acceptors (Lipinski definition) is 4. The van der Waals surface area contributed by atoms with Gasteiger partial charge in [-0.1, -0.05) is 0 Å². The first-order valence-electron chi connectivity index (χ1n) is 4.81. The Morgan fingerprint density at radius 1 is 1.50 bits per heavy atom. The quantitative estimate of drug-likeness (QED) is 0.808. The number of aromatic nitrogens is 2. The molecule has 7 heteroatoms. The summed E-state index contributed by atoms with van der Waals surface area (Å²) >= 11 is 1.81. The van der Waals surface area contributed by atoms with E-state index in [1.807, 2.05) is 28.7 Å². The average Bonchev–Trinajstić information content (AvgIpc) is 2.37. The number of benzene rings is 1. The van der Waals surface area contributed by atoms with Gasteiger partial charge in [0.1, 0.15) is 9.39 Å². The van der Waals surface area contributed by atoms with Crippen LogP contribution in [0.5, 0.6) is 0 Å². The Morgan fingerprint density at radius 2 is 2.28 bits per heavy atom. The van der Waals surface area contributed by atoms with Crippen molar-refractivity contribution in [1.29, 1.82) is 5.26 Å². The molecule has 0 aliphatic heterocycles. The van der Waals surface area contributed by atoms with Gasteiger partial charge in [-0.3, -0.25) is 4.79 Å². The van der Waals surface area contributed by atoms with Crippen LogP contribution in [0.3, 0.4) is 0 Å². The molecule has 0 spiro atoms. The van der Waals surface area contributed by atoms with Gasteiger partial charge < -0.3 is 10.3 Å². The van der Waals surface area contributed by atoms with Crippen molar-refractivity contribution < 1.29 is 4.39 Å². The fourth-order valence-corrected chi connectivity index (χ4v) is 1.71. The first kappa shape index (κ1) is 12.5. The molecule has 0 radical (unpaired) electrons. The monoisotopic (exact) mass is 356 g/mol. The zero-order valence-corrected chi connectivity index (χ0v) is 11.0. The lowest BCUT2D eigenvalue weighted by molar-refractivity contribution is 0.631. The summed E-state index contributed by atoms with van der Waals surface area (Å²) < 4.78 is 14.0. The molecule has 1 aromatic carbocycles. The normalized spacial score (nSPS) is 9.83. The molecule has 0 atom stereocenters. The summed E-state index contributed by atoms with van der Waals surface area (Å²) in [5.41, 5.74) is 0.0822. The molecule has 0 unspecified atom stereocenters. The highest BCUT2D eigenvalue weighted by Gasteiger charge is 2.09. The molecule has 0 amide bonds. The van der Waals surface area contributed by atoms with Crippen molar-refractivity contribution in [2.45, 2.75) is 0 Å². The number of halogens is 2. The summed E-state index contributed by atoms with van der Waals surface area (Å²) in [4.78, 5) is 17.7. The molecule has 2 rings (SSSR count). The van der Waals surface area contributed by atoms with Crippen LogP contribution in [0.4, 0.5) is 15.9 Å². The Morgan fingerprint density at radius 3 is 2.94 bits per heavy atom. The molecule has 0 bridgehead atoms. The average molecular weight is 356 g/mol. The molecule has 5 nitrogen and oxygen atoms in total. The number of rotatable bonds is 2. The highest BCUT2D eigenvalue weighted by Crippen LogP contribution is 2.21. The van der Waals surface area contributed by atoms with Gasteiger partial charge in [0.15, 0.2) is 5.82 Å². The van der Waals surface area contributed by atoms with Gasteiger partial charge in [0, 0.05) is 0 Å². The van der Waals surface area contributed by atoms with E-state index in [2.05, 4.69) is 15.3 Å². The number of nitrogens with one attached hydrogen (secondary N) is 2. The predicted octanol–water partition coefficient (Wildman–Crippen LogP) is 2.13. The second kappa shape index (κ2) is 5.14. The molecular formula is C11H6FIN4O. The molecule has 2 N–H and O–H groups in total. The molecule has 18 heavy (non-hydrogen) atoms. The third-order valence-electron chi connectivity index (χ3n) is 2.15. The van der Waals surface area contributed by atoms with E-state index in [9.17, 15) is 9.18 Å². The molecule has 0 saturated heterocycles. The van der Waals surface area contributed by atoms with E-state index < -0.39 is 5.82 Å². The lowest BCUT2D eigenvalue weighted by Crippen LogP contribution is -2.13. The van der Waals surface area contributed by atoms with Crippen LogP contribution in [0.1, 0.15) is 5.56 Å². The second-order valence-corrected chi connectivity index (χ2v) is 4.40. The summed E-state index contributed by atoms with van der Waals surface area (Å²) in [6.45, 7) is 0. The van der Waals surface area contributed by atoms with Crippen molar-refractivity contribution in [3.05, 3.63) is 49.8 Å². The minimum absolute atomic E-state index is 0.157. The summed E-state index contributed by atoms with van der Waals surface area (Å²) in [6.07, 6.45) is 1.23. The highest BCUT2D eigenvalue weighted by atomic mass is 127. The summed E-state index contributed by atoms with van der Waals surface area (Å²) in [7, 11) is 0. The fourth-order valence-electron chi connectivity index (χ4n) is 1.28. The third kappa shape index (κ3) is 2.48. The van der Waals surface area contributed by atoms with Gasteiger partial charge in [-0.2, -0.15) is 5.26 Å². The maximum Gasteiger partial charge on any atom is 0.266 e. The van der Waals surface area contributed by atoms with E-state index in [-0.39, 0.29) is 22.6 Å². The molecule has 0 aliphatic rings. The molecular weight excluding hydrogens is 350 g/mol. The van der Waals surface area contributed by atoms with Crippen LogP contribution in [0.2, 0.25) is 0 Å². The molecule has 0 aliphatic carbocycles. The third-order valence-corrected chi connectivity index (χ3v) is 3.15. The standard InChI is InChI=1S/C11H6FIN4O/c12-7-3-6(4-14)1-2-8(7)17-10-9(13)11(18)16-5-15-10/h1-3,5H,(H2,15,16,17,18). The van der Waals surface area contributed by atoms with E-state index in [0.717, 1.165) is 6.07 Å². The van der Waals surface area contributed by atoms with Crippen molar-refractivity contribution in [1.82, 2.24) is 9.97 Å². The number of H-pyrrole nitrogens is 1. The Balaban J connectivity index is 2.38. The molecule has 0 saturated carbocycles. The maximum absolute atomic E-state index is 13.6. The number of aromatic amines is 1. The minimum atomic E-state index is -0.577. The zero-order valence-electron chi connectivity index (χ0n) is 8.87. The van der Waals surface area contributed by atoms with Gasteiger partial charge in [-0.25, -0.2) is 9.37 Å². The van der Waals surface area contributed by atoms with E-state index in [1.54, 1.807) is 0 Å². The van der Waals surface area contributed by atoms with Crippen LogP contribution in [0, 0.1) is 20.7 Å². The lowest BCUT2D eigenvalue weighted by Gasteiger charge is -2.07. The highest BCUT2D eigenvalue weighted by molar-refractivity contribution is 14.1. The predicted molar refractivity (Wildman–Crippen MR) is 72.0 cm³/mol. The molecule has 1 heterocycles. The number of nitrogens with zero attached hydrogens (tertiary/aromatic N) is 2. The summed E-state index contributed by atoms with van der Waals surface area (Å²) in [5.74, 6) is -0.310. The number of anilines is 2. The van der Waals surface area contributed by atoms with E-state index in [4.69, 9.17) is 5.26 Å². The first-order chi connectivity index (χ1) is 8.61. The zero-order chi connectivity index (χ0) is 13.1. The van der Waals surface area contributed by atoms with Crippen LogP contribution in [-0.2, 0) is 0 Å². The molecule has 2 aromatic rings. The van der Waals surface area contributed by atoms with Gasteiger partial charge in [-0.05, 0) is 40.8 Å². The van der Waals surface area contributed by atoms with E-state index in [1.165, 1.54) is 18.5 Å². The molecule has 1 aromatic heterocycles. The fraction of sp³-hybridized carbons (Fsp3) is 0. The van der Waals surface area contributed by atoms with Crippen molar-refractivity contribution in [3.8, 4) is 6.07 Å². The smallest absolute Gasteiger partial charge is 0.266 e. The molecule has 0 fully saturated rings. The van der Waals surface area contributed by atoms with Crippen LogP contribution >= 0.6 is 22.6 Å². The van der Waals surface area contributed by atoms with Gasteiger partial charge >= 0.3 is 0 Å². The van der Waals surface area contributed by atoms with E-state index in [0.29, 0.717) is 3.57 Å². The SMILES string of the molecule is N#Cc1ccc(Nc2nc[nH]c(=O)c2I)c(F)c1. The molecule has 90 valence electrons. The largest absolute Gasteiger partial charge is 0.337 e. The van der Waals surface area contributed by atoms with Crippen LogP contribution in [0.15, 0.2) is 29.3 Å². The van der Waals surface area contributed by atoms with Crippen molar-refractivity contribution in [3.63, 3.8) is 0 Å². The Bertz CT molecular complexity index is 692. The second-order valence-electron chi connectivity index (χ2n) is 3.33. The topological polar surface area (TPSA) is 81.6 Å². The van der Waals surface area contributed by atoms with Gasteiger partial charge in [0.2, 0.25) is 0 Å². The van der Waals surface area contributed by atoms with Crippen molar-refractivity contribution in [2.24, 2.45) is 0 Å². The number of hydrogen-bond donors (Lipinski definition) is 2. The Kier molecular flexibility index (Phi) is 3.57.